The van der Waals surface area contributed by atoms with E-state index in [1.165, 1.54) is 0 Å². The van der Waals surface area contributed by atoms with Crippen molar-refractivity contribution in [1.82, 2.24) is 14.8 Å². The van der Waals surface area contributed by atoms with Crippen LogP contribution in [0.1, 0.15) is 25.1 Å². The van der Waals surface area contributed by atoms with Crippen molar-refractivity contribution in [2.75, 3.05) is 0 Å². The van der Waals surface area contributed by atoms with Gasteiger partial charge < -0.3 is 10.5 Å². The molecule has 5 heteroatoms. The topological polar surface area (TPSA) is 66.0 Å². The van der Waals surface area contributed by atoms with Crippen LogP contribution in [0, 0.1) is 0 Å². The summed E-state index contributed by atoms with van der Waals surface area (Å²) in [5, 5.41) is 4.25. The summed E-state index contributed by atoms with van der Waals surface area (Å²) in [5.74, 6) is 0.773. The van der Waals surface area contributed by atoms with E-state index < -0.39 is 0 Å². The first-order chi connectivity index (χ1) is 8.69. The second-order valence-electron chi connectivity index (χ2n) is 4.35. The van der Waals surface area contributed by atoms with Crippen LogP contribution >= 0.6 is 0 Å². The number of aromatic nitrogens is 3. The second kappa shape index (κ2) is 5.64. The van der Waals surface area contributed by atoms with Gasteiger partial charge in [0.25, 0.3) is 0 Å². The SMILES string of the molecule is CC(C)Oc1cnn(Cc2ncccc2CN)c1. The van der Waals surface area contributed by atoms with Crippen molar-refractivity contribution in [2.45, 2.75) is 33.0 Å². The van der Waals surface area contributed by atoms with E-state index in [-0.39, 0.29) is 6.10 Å². The normalized spacial score (nSPS) is 10.9. The van der Waals surface area contributed by atoms with Crippen molar-refractivity contribution in [3.63, 3.8) is 0 Å². The van der Waals surface area contributed by atoms with Gasteiger partial charge in [0, 0.05) is 12.7 Å². The average Bonchev–Trinajstić information content (AvgIpc) is 2.76. The lowest BCUT2D eigenvalue weighted by Gasteiger charge is -2.07. The van der Waals surface area contributed by atoms with Gasteiger partial charge in [0.05, 0.1) is 30.7 Å². The molecule has 18 heavy (non-hydrogen) atoms. The van der Waals surface area contributed by atoms with Crippen LogP contribution in [-0.2, 0) is 13.1 Å². The minimum absolute atomic E-state index is 0.150. The van der Waals surface area contributed by atoms with E-state index in [1.807, 2.05) is 32.2 Å². The Morgan fingerprint density at radius 2 is 2.28 bits per heavy atom. The highest BCUT2D eigenvalue weighted by molar-refractivity contribution is 5.20. The zero-order valence-corrected chi connectivity index (χ0v) is 10.7. The van der Waals surface area contributed by atoms with Crippen molar-refractivity contribution in [3.8, 4) is 5.75 Å². The first-order valence-electron chi connectivity index (χ1n) is 6.01. The quantitative estimate of drug-likeness (QED) is 0.869. The zero-order chi connectivity index (χ0) is 13.0. The highest BCUT2D eigenvalue weighted by Crippen LogP contribution is 2.12. The lowest BCUT2D eigenvalue weighted by molar-refractivity contribution is 0.242. The Balaban J connectivity index is 2.11. The molecule has 2 rings (SSSR count). The number of rotatable bonds is 5. The Morgan fingerprint density at radius 1 is 1.44 bits per heavy atom. The molecule has 2 aromatic heterocycles. The molecule has 5 nitrogen and oxygen atoms in total. The lowest BCUT2D eigenvalue weighted by Crippen LogP contribution is -2.08. The maximum Gasteiger partial charge on any atom is 0.157 e. The van der Waals surface area contributed by atoms with Crippen molar-refractivity contribution < 1.29 is 4.74 Å². The van der Waals surface area contributed by atoms with Gasteiger partial charge in [0.1, 0.15) is 0 Å². The lowest BCUT2D eigenvalue weighted by atomic mass is 10.2. The summed E-state index contributed by atoms with van der Waals surface area (Å²) in [5.41, 5.74) is 7.67. The molecule has 96 valence electrons. The predicted octanol–water partition coefficient (Wildman–Crippen LogP) is 1.57. The first-order valence-corrected chi connectivity index (χ1v) is 6.01. The van der Waals surface area contributed by atoms with Crippen LogP contribution in [0.5, 0.6) is 5.75 Å². The maximum atomic E-state index is 5.68. The molecule has 0 atom stereocenters. The fraction of sp³-hybridized carbons (Fsp3) is 0.385. The number of nitrogens with two attached hydrogens (primary N) is 1. The molecule has 0 unspecified atom stereocenters. The molecule has 2 aromatic rings. The Bertz CT molecular complexity index is 507. The summed E-state index contributed by atoms with van der Waals surface area (Å²) in [6.07, 6.45) is 5.50. The molecular weight excluding hydrogens is 228 g/mol. The summed E-state index contributed by atoms with van der Waals surface area (Å²) < 4.78 is 7.37. The van der Waals surface area contributed by atoms with Crippen molar-refractivity contribution in [1.29, 1.82) is 0 Å². The van der Waals surface area contributed by atoms with Gasteiger partial charge in [-0.05, 0) is 25.5 Å². The van der Waals surface area contributed by atoms with Gasteiger partial charge in [-0.2, -0.15) is 5.10 Å². The van der Waals surface area contributed by atoms with Crippen LogP contribution in [0.25, 0.3) is 0 Å². The Morgan fingerprint density at radius 3 is 3.00 bits per heavy atom. The monoisotopic (exact) mass is 246 g/mol. The van der Waals surface area contributed by atoms with Gasteiger partial charge in [-0.3, -0.25) is 9.67 Å². The number of pyridine rings is 1. The third kappa shape index (κ3) is 3.07. The highest BCUT2D eigenvalue weighted by atomic mass is 16.5. The molecule has 0 aliphatic carbocycles. The standard InChI is InChI=1S/C13H18N4O/c1-10(2)18-12-7-16-17(8-12)9-13-11(6-14)4-3-5-15-13/h3-5,7-8,10H,6,9,14H2,1-2H3. The van der Waals surface area contributed by atoms with Gasteiger partial charge in [0.15, 0.2) is 5.75 Å². The predicted molar refractivity (Wildman–Crippen MR) is 69.2 cm³/mol. The van der Waals surface area contributed by atoms with Gasteiger partial charge in [0.2, 0.25) is 0 Å². The molecule has 0 aromatic carbocycles. The third-order valence-corrected chi connectivity index (χ3v) is 2.50. The van der Waals surface area contributed by atoms with Gasteiger partial charge in [-0.1, -0.05) is 6.07 Å². The Kier molecular flexibility index (Phi) is 3.94. The molecule has 0 aliphatic rings. The summed E-state index contributed by atoms with van der Waals surface area (Å²) in [4.78, 5) is 4.33. The largest absolute Gasteiger partial charge is 0.488 e. The summed E-state index contributed by atoms with van der Waals surface area (Å²) >= 11 is 0. The number of ether oxygens (including phenoxy) is 1. The van der Waals surface area contributed by atoms with Crippen LogP contribution in [0.2, 0.25) is 0 Å². The van der Waals surface area contributed by atoms with Crippen LogP contribution in [-0.4, -0.2) is 20.9 Å². The molecule has 2 heterocycles. The molecule has 0 saturated heterocycles. The minimum Gasteiger partial charge on any atom is -0.488 e. The Labute approximate surface area is 107 Å². The summed E-state index contributed by atoms with van der Waals surface area (Å²) in [6.45, 7) is 5.07. The highest BCUT2D eigenvalue weighted by Gasteiger charge is 2.06. The molecule has 0 amide bonds. The second-order valence-corrected chi connectivity index (χ2v) is 4.35. The molecule has 0 fully saturated rings. The summed E-state index contributed by atoms with van der Waals surface area (Å²) in [6, 6.07) is 3.87. The maximum absolute atomic E-state index is 5.68. The van der Waals surface area contributed by atoms with E-state index in [9.17, 15) is 0 Å². The third-order valence-electron chi connectivity index (χ3n) is 2.50. The molecular formula is C13H18N4O. The van der Waals surface area contributed by atoms with Gasteiger partial charge >= 0.3 is 0 Å². The average molecular weight is 246 g/mol. The van der Waals surface area contributed by atoms with Crippen LogP contribution in [0.3, 0.4) is 0 Å². The van der Waals surface area contributed by atoms with Crippen molar-refractivity contribution in [3.05, 3.63) is 42.0 Å². The fourth-order valence-electron chi connectivity index (χ4n) is 1.72. The van der Waals surface area contributed by atoms with Crippen LogP contribution < -0.4 is 10.5 Å². The molecule has 2 N–H and O–H groups in total. The van der Waals surface area contributed by atoms with Crippen LogP contribution in [0.4, 0.5) is 0 Å². The van der Waals surface area contributed by atoms with Crippen molar-refractivity contribution >= 4 is 0 Å². The van der Waals surface area contributed by atoms with E-state index in [2.05, 4.69) is 10.1 Å². The minimum atomic E-state index is 0.150. The van der Waals surface area contributed by atoms with E-state index >= 15 is 0 Å². The van der Waals surface area contributed by atoms with E-state index in [4.69, 9.17) is 10.5 Å². The molecule has 0 bridgehead atoms. The number of hydrogen-bond donors (Lipinski definition) is 1. The first kappa shape index (κ1) is 12.6. The van der Waals surface area contributed by atoms with E-state index in [0.29, 0.717) is 13.1 Å². The zero-order valence-electron chi connectivity index (χ0n) is 10.7. The molecule has 0 spiro atoms. The van der Waals surface area contributed by atoms with E-state index in [0.717, 1.165) is 17.0 Å². The van der Waals surface area contributed by atoms with Crippen LogP contribution in [0.15, 0.2) is 30.7 Å². The van der Waals surface area contributed by atoms with Gasteiger partial charge in [-0.25, -0.2) is 0 Å². The number of nitrogens with zero attached hydrogens (tertiary/aromatic N) is 3. The molecule has 0 saturated carbocycles. The van der Waals surface area contributed by atoms with Crippen molar-refractivity contribution in [2.24, 2.45) is 5.73 Å². The Hall–Kier alpha value is -1.88. The van der Waals surface area contributed by atoms with E-state index in [1.54, 1.807) is 17.1 Å². The molecule has 0 radical (unpaired) electrons. The fourth-order valence-corrected chi connectivity index (χ4v) is 1.72. The smallest absolute Gasteiger partial charge is 0.157 e. The molecule has 0 aliphatic heterocycles. The summed E-state index contributed by atoms with van der Waals surface area (Å²) in [7, 11) is 0. The van der Waals surface area contributed by atoms with Gasteiger partial charge in [-0.15, -0.1) is 0 Å². The number of hydrogen-bond acceptors (Lipinski definition) is 4.